The molecule has 22 nitrogen and oxygen atoms in total. The summed E-state index contributed by atoms with van der Waals surface area (Å²) in [4.78, 5) is 33.1. The maximum Gasteiger partial charge on any atom is 0.222 e. The quantitative estimate of drug-likeness (QED) is 0.0345. The zero-order valence-corrected chi connectivity index (χ0v) is 67.5. The number of H-pyrrole nitrogens is 6. The fourth-order valence-corrected chi connectivity index (χ4v) is 12.2. The molecule has 0 atom stereocenters. The number of hydrogen-bond donors (Lipinski definition) is 11. The molecule has 7 heterocycles. The topological polar surface area (TPSA) is 337 Å². The third-order valence-electron chi connectivity index (χ3n) is 16.7. The normalized spacial score (nSPS) is 10.1. The fraction of sp³-hybridized carbons (Fsp3) is 0.0326. The lowest BCUT2D eigenvalue weighted by molar-refractivity contribution is -0.115. The van der Waals surface area contributed by atoms with E-state index >= 15 is 0 Å². The lowest BCUT2D eigenvalue weighted by Crippen LogP contribution is -2.07. The molecule has 122 heavy (non-hydrogen) atoms. The van der Waals surface area contributed by atoms with Crippen LogP contribution < -0.4 is 27.4 Å². The van der Waals surface area contributed by atoms with Gasteiger partial charge in [-0.2, -0.15) is 30.6 Å². The monoisotopic (exact) mass is 1760 g/mol. The first-order valence-electron chi connectivity index (χ1n) is 36.5. The highest BCUT2D eigenvalue weighted by Gasteiger charge is 2.20. The van der Waals surface area contributed by atoms with Gasteiger partial charge in [-0.25, -0.2) is 26.3 Å². The first-order chi connectivity index (χ1) is 59.0. The van der Waals surface area contributed by atoms with E-state index in [0.717, 1.165) is 37.1 Å². The summed E-state index contributed by atoms with van der Waals surface area (Å²) >= 11 is 8.61. The van der Waals surface area contributed by atoms with Gasteiger partial charge >= 0.3 is 0 Å². The van der Waals surface area contributed by atoms with E-state index in [1.165, 1.54) is 93.6 Å². The Kier molecular flexibility index (Phi) is 30.5. The summed E-state index contributed by atoms with van der Waals surface area (Å²) in [7, 11) is 0. The smallest absolute Gasteiger partial charge is 0.222 e. The minimum Gasteiger partial charge on any atom is -0.382 e. The van der Waals surface area contributed by atoms with Gasteiger partial charge in [-0.1, -0.05) is 199 Å². The van der Waals surface area contributed by atoms with Crippen LogP contribution in [0.25, 0.3) is 89.8 Å². The largest absolute Gasteiger partial charge is 0.382 e. The Morgan fingerprint density at radius 2 is 0.754 bits per heavy atom. The number of fused-ring (bicyclic) bond motifs is 1. The van der Waals surface area contributed by atoms with E-state index in [9.17, 15) is 40.7 Å². The van der Waals surface area contributed by atoms with Crippen molar-refractivity contribution < 1.29 is 40.7 Å². The van der Waals surface area contributed by atoms with Crippen LogP contribution in [-0.4, -0.2) is 89.1 Å². The second-order valence-corrected chi connectivity index (χ2v) is 27.1. The maximum absolute atomic E-state index is 13.5. The van der Waals surface area contributed by atoms with Gasteiger partial charge in [0.05, 0.1) is 59.3 Å². The molecule has 0 bridgehead atoms. The van der Waals surface area contributed by atoms with E-state index in [4.69, 9.17) is 29.5 Å². The number of halogens is 8. The van der Waals surface area contributed by atoms with Gasteiger partial charge in [0.1, 0.15) is 46.4 Å². The number of aromatic nitrogens is 14. The Hall–Kier alpha value is -15.9. The molecule has 0 aliphatic carbocycles. The molecule has 30 heteroatoms. The molecule has 0 radical (unpaired) electrons. The fourth-order valence-electron chi connectivity index (χ4n) is 11.2. The highest BCUT2D eigenvalue weighted by atomic mass is 127. The van der Waals surface area contributed by atoms with Crippen molar-refractivity contribution in [2.45, 2.75) is 20.8 Å². The number of carbonyl (C=O) groups excluding carboxylic acids is 3. The van der Waals surface area contributed by atoms with Crippen molar-refractivity contribution >= 4 is 92.0 Å². The first kappa shape index (κ1) is 86.9. The van der Waals surface area contributed by atoms with Crippen LogP contribution in [0, 0.1) is 74.5 Å². The van der Waals surface area contributed by atoms with Gasteiger partial charge in [-0.3, -0.25) is 45.0 Å². The van der Waals surface area contributed by atoms with Crippen LogP contribution in [0.15, 0.2) is 279 Å². The number of rotatable bonds is 10. The molecular formula is C92H69ClF6IN19O3. The predicted octanol–water partition coefficient (Wildman–Crippen LogP) is 19.7. The summed E-state index contributed by atoms with van der Waals surface area (Å²) in [6.07, 6.45) is 5.10. The molecular weight excluding hydrogens is 1700 g/mol. The number of nitrogen functional groups attached to an aromatic ring is 2. The third kappa shape index (κ3) is 24.8. The van der Waals surface area contributed by atoms with Gasteiger partial charge in [0.2, 0.25) is 23.4 Å². The predicted molar refractivity (Wildman–Crippen MR) is 471 cm³/mol. The Bertz CT molecular complexity index is 6630. The van der Waals surface area contributed by atoms with Crippen molar-refractivity contribution in [2.75, 3.05) is 27.4 Å². The van der Waals surface area contributed by atoms with Gasteiger partial charge in [0.25, 0.3) is 0 Å². The van der Waals surface area contributed by atoms with Gasteiger partial charge in [-0.05, 0) is 132 Å². The molecule has 0 spiro atoms. The van der Waals surface area contributed by atoms with E-state index in [2.05, 4.69) is 140 Å². The Labute approximate surface area is 713 Å². The molecule has 17 rings (SSSR count). The zero-order chi connectivity index (χ0) is 86.4. The van der Waals surface area contributed by atoms with Crippen LogP contribution in [0.2, 0.25) is 5.02 Å². The zero-order valence-electron chi connectivity index (χ0n) is 64.6. The molecule has 0 saturated carbocycles. The van der Waals surface area contributed by atoms with Crippen molar-refractivity contribution in [2.24, 2.45) is 0 Å². The number of benzene rings is 10. The number of amides is 3. The standard InChI is InChI=1S/C19H14FN3O.C17H10ClFN4.C17H12FN3.C11H9FIN3O.C11H10FN3O.C9H8FN3.C8H6/c1-13(24)21-19-17(11-10-14-6-3-2-4-7-14)18(22-23-19)15-8-5-9-16(20)12-15;18-14-13-15(11-7-4-8-12(19)9-11)20-22-17(13)23-21-16(14)10-5-2-1-3-6-10;18-14-8-4-7-13(11-14)16-15(17(19)21-20-16)10-9-12-5-2-1-3-6-12;1-6(17)14-11-9(13)10(15-16-11)7-3-2-4-8(12)5-7;1-7(16)13-11-6-10(14-15-11)8-3-2-4-9(12)5-8;10-7-3-1-2-6(4-7)8-5-9(11)13-12-8;1-2-8-6-4-3-5-7-8/h2-9,12H,1H3,(H2,21,22,23,24);1-9H,(H,20,22,23);1-8,11H,(H3,19,20,21);2-5H,1H3,(H2,14,15,16,17);2-6H,1H3,(H2,13,14,15,16);1-5H,(H3,11,12,13);1,3-7H. The Balaban J connectivity index is 0.000000141. The minimum atomic E-state index is -0.356. The Morgan fingerprint density at radius 1 is 0.377 bits per heavy atom. The second-order valence-electron chi connectivity index (χ2n) is 25.7. The summed E-state index contributed by atoms with van der Waals surface area (Å²) in [5, 5.41) is 57.6. The third-order valence-corrected chi connectivity index (χ3v) is 18.1. The molecule has 0 saturated heterocycles. The van der Waals surface area contributed by atoms with Crippen LogP contribution in [0.5, 0.6) is 0 Å². The second kappa shape index (κ2) is 42.8. The molecule has 0 fully saturated rings. The van der Waals surface area contributed by atoms with Gasteiger partial charge in [0, 0.05) is 88.5 Å². The van der Waals surface area contributed by atoms with Crippen molar-refractivity contribution in [1.82, 2.24) is 71.4 Å². The molecule has 7 aromatic heterocycles. The SMILES string of the molecule is C#Cc1ccccc1.CC(=O)Nc1cc(-c2cccc(F)c2)[nH]n1.CC(=O)Nc1n[nH]c(-c2cccc(F)c2)c1C#Cc1ccccc1.CC(=O)Nc1n[nH]c(-c2cccc(F)c2)c1I.Fc1cccc(-c2[nH]nc3nnc(-c4ccccc4)c(Cl)c23)c1.Nc1cc(-c2cccc(F)c2)[nH]n1.Nc1n[nH]c(-c2cccc(F)c2)c1C#Cc1ccccc1. The molecule has 10 aromatic carbocycles. The molecule has 0 aliphatic rings. The van der Waals surface area contributed by atoms with E-state index < -0.39 is 0 Å². The highest BCUT2D eigenvalue weighted by Crippen LogP contribution is 2.37. The lowest BCUT2D eigenvalue weighted by atomic mass is 10.1. The molecule has 3 amide bonds. The number of hydrogen-bond acceptors (Lipinski definition) is 13. The maximum atomic E-state index is 13.5. The van der Waals surface area contributed by atoms with E-state index in [1.54, 1.807) is 84.9 Å². The van der Waals surface area contributed by atoms with Crippen LogP contribution in [0.3, 0.4) is 0 Å². The lowest BCUT2D eigenvalue weighted by Gasteiger charge is -2.05. The minimum absolute atomic E-state index is 0.194. The van der Waals surface area contributed by atoms with E-state index in [0.29, 0.717) is 118 Å². The van der Waals surface area contributed by atoms with Crippen molar-refractivity contribution in [3.63, 3.8) is 0 Å². The average Bonchev–Trinajstić information content (AvgIpc) is 1.60. The summed E-state index contributed by atoms with van der Waals surface area (Å²) in [5.74, 6) is 14.0. The first-order valence-corrected chi connectivity index (χ1v) is 38.0. The number of nitrogens with one attached hydrogen (secondary N) is 9. The highest BCUT2D eigenvalue weighted by molar-refractivity contribution is 14.1. The van der Waals surface area contributed by atoms with E-state index in [1.807, 2.05) is 121 Å². The number of carbonyl (C=O) groups is 3. The van der Waals surface area contributed by atoms with Crippen molar-refractivity contribution in [3.8, 4) is 115 Å². The molecule has 13 N–H and O–H groups in total. The number of nitrogens with two attached hydrogens (primary N) is 2. The summed E-state index contributed by atoms with van der Waals surface area (Å²) in [6.45, 7) is 4.20. The summed E-state index contributed by atoms with van der Waals surface area (Å²) in [5.41, 5.74) is 24.7. The number of terminal acetylenes is 1. The van der Waals surface area contributed by atoms with Crippen molar-refractivity contribution in [3.05, 3.63) is 350 Å². The van der Waals surface area contributed by atoms with Crippen LogP contribution >= 0.6 is 34.2 Å². The number of aromatic amines is 6. The van der Waals surface area contributed by atoms with E-state index in [-0.39, 0.29) is 52.6 Å². The Morgan fingerprint density at radius 3 is 1.21 bits per heavy atom. The van der Waals surface area contributed by atoms with Crippen LogP contribution in [0.4, 0.5) is 55.4 Å². The van der Waals surface area contributed by atoms with Crippen LogP contribution in [-0.2, 0) is 14.4 Å². The molecule has 0 aliphatic heterocycles. The van der Waals surface area contributed by atoms with Gasteiger partial charge in [0.15, 0.2) is 23.3 Å². The molecule has 17 aromatic rings. The molecule has 606 valence electrons. The molecule has 0 unspecified atom stereocenters. The average molecular weight is 1770 g/mol. The number of nitrogens with zero attached hydrogens (tertiary/aromatic N) is 8. The number of anilines is 5. The van der Waals surface area contributed by atoms with Gasteiger partial charge in [-0.15, -0.1) is 16.6 Å². The summed E-state index contributed by atoms with van der Waals surface area (Å²) in [6, 6.07) is 78.6. The van der Waals surface area contributed by atoms with Gasteiger partial charge < -0.3 is 27.4 Å². The summed E-state index contributed by atoms with van der Waals surface area (Å²) < 4.78 is 80.0. The van der Waals surface area contributed by atoms with Crippen molar-refractivity contribution in [1.29, 1.82) is 0 Å². The van der Waals surface area contributed by atoms with Crippen LogP contribution in [0.1, 0.15) is 48.6 Å².